The average molecular weight is 283 g/mol. The quantitative estimate of drug-likeness (QED) is 0.825. The molecule has 2 saturated heterocycles. The van der Waals surface area contributed by atoms with Gasteiger partial charge in [0.1, 0.15) is 0 Å². The molecule has 0 saturated carbocycles. The molecule has 114 valence electrons. The zero-order valence-corrected chi connectivity index (χ0v) is 12.6. The van der Waals surface area contributed by atoms with Crippen LogP contribution in [0.3, 0.4) is 0 Å². The first-order valence-electron chi connectivity index (χ1n) is 7.30. The van der Waals surface area contributed by atoms with Gasteiger partial charge in [-0.25, -0.2) is 4.79 Å². The summed E-state index contributed by atoms with van der Waals surface area (Å²) in [4.78, 5) is 29.2. The third-order valence-electron chi connectivity index (χ3n) is 4.55. The molecule has 0 aromatic rings. The van der Waals surface area contributed by atoms with E-state index in [-0.39, 0.29) is 11.9 Å². The van der Waals surface area contributed by atoms with E-state index in [1.807, 2.05) is 14.0 Å². The molecule has 1 N–H and O–H groups in total. The molecule has 0 aromatic carbocycles. The summed E-state index contributed by atoms with van der Waals surface area (Å²) in [5, 5.41) is 9.12. The van der Waals surface area contributed by atoms with Gasteiger partial charge in [0.05, 0.1) is 5.92 Å². The lowest BCUT2D eigenvalue weighted by Crippen LogP contribution is -2.42. The lowest BCUT2D eigenvalue weighted by molar-refractivity contribution is -0.142. The first-order chi connectivity index (χ1) is 9.38. The summed E-state index contributed by atoms with van der Waals surface area (Å²) >= 11 is 0. The zero-order valence-electron chi connectivity index (χ0n) is 12.6. The van der Waals surface area contributed by atoms with Gasteiger partial charge in [-0.05, 0) is 31.8 Å². The average Bonchev–Trinajstić information content (AvgIpc) is 2.94. The van der Waals surface area contributed by atoms with Crippen LogP contribution in [-0.4, -0.2) is 78.6 Å². The molecular formula is C14H25N3O3. The number of carbonyl (C=O) groups is 2. The zero-order chi connectivity index (χ0) is 14.9. The van der Waals surface area contributed by atoms with Crippen LogP contribution in [0.2, 0.25) is 0 Å². The number of nitrogens with zero attached hydrogens (tertiary/aromatic N) is 3. The highest BCUT2D eigenvalue weighted by Crippen LogP contribution is 2.24. The topological polar surface area (TPSA) is 64.1 Å². The van der Waals surface area contributed by atoms with Gasteiger partial charge in [0.25, 0.3) is 0 Å². The largest absolute Gasteiger partial charge is 0.481 e. The Hall–Kier alpha value is -1.30. The van der Waals surface area contributed by atoms with Crippen molar-refractivity contribution in [2.24, 2.45) is 17.8 Å². The van der Waals surface area contributed by atoms with E-state index in [4.69, 9.17) is 5.11 Å². The van der Waals surface area contributed by atoms with Gasteiger partial charge < -0.3 is 19.8 Å². The number of urea groups is 1. The van der Waals surface area contributed by atoms with E-state index in [9.17, 15) is 9.59 Å². The van der Waals surface area contributed by atoms with Crippen LogP contribution in [0.4, 0.5) is 4.79 Å². The molecule has 3 unspecified atom stereocenters. The van der Waals surface area contributed by atoms with Crippen molar-refractivity contribution in [2.45, 2.75) is 13.3 Å². The molecule has 20 heavy (non-hydrogen) atoms. The van der Waals surface area contributed by atoms with Crippen LogP contribution < -0.4 is 0 Å². The van der Waals surface area contributed by atoms with Crippen LogP contribution in [0.25, 0.3) is 0 Å². The Morgan fingerprint density at radius 1 is 1.30 bits per heavy atom. The van der Waals surface area contributed by atoms with Gasteiger partial charge in [-0.1, -0.05) is 6.92 Å². The fourth-order valence-corrected chi connectivity index (χ4v) is 3.33. The summed E-state index contributed by atoms with van der Waals surface area (Å²) in [5.41, 5.74) is 0. The van der Waals surface area contributed by atoms with E-state index in [1.165, 1.54) is 0 Å². The number of hydrogen-bond donors (Lipinski definition) is 1. The maximum atomic E-state index is 12.4. The second-order valence-electron chi connectivity index (χ2n) is 6.41. The van der Waals surface area contributed by atoms with E-state index in [0.717, 1.165) is 26.1 Å². The second kappa shape index (κ2) is 5.99. The number of amides is 2. The molecule has 0 aliphatic carbocycles. The lowest BCUT2D eigenvalue weighted by atomic mass is 9.99. The number of carboxylic acid groups (broad SMARTS) is 1. The highest BCUT2D eigenvalue weighted by molar-refractivity contribution is 5.77. The summed E-state index contributed by atoms with van der Waals surface area (Å²) in [7, 11) is 3.92. The Bertz CT molecular complexity index is 388. The molecule has 2 fully saturated rings. The minimum absolute atomic E-state index is 0.0301. The lowest BCUT2D eigenvalue weighted by Gasteiger charge is -2.26. The van der Waals surface area contributed by atoms with Crippen LogP contribution in [0.15, 0.2) is 0 Å². The van der Waals surface area contributed by atoms with Crippen molar-refractivity contribution >= 4 is 12.0 Å². The Morgan fingerprint density at radius 2 is 2.00 bits per heavy atom. The Balaban J connectivity index is 1.86. The molecule has 0 spiro atoms. The maximum Gasteiger partial charge on any atom is 0.319 e. The van der Waals surface area contributed by atoms with Crippen LogP contribution in [-0.2, 0) is 4.79 Å². The highest BCUT2D eigenvalue weighted by atomic mass is 16.4. The van der Waals surface area contributed by atoms with Gasteiger partial charge in [-0.3, -0.25) is 4.79 Å². The number of aliphatic carboxylic acids is 1. The van der Waals surface area contributed by atoms with E-state index >= 15 is 0 Å². The summed E-state index contributed by atoms with van der Waals surface area (Å²) < 4.78 is 0. The summed E-state index contributed by atoms with van der Waals surface area (Å²) in [6, 6.07) is -0.0323. The normalized spacial score (nSPS) is 30.8. The molecule has 2 aliphatic rings. The number of carbonyl (C=O) groups excluding carboxylic acids is 1. The van der Waals surface area contributed by atoms with Crippen molar-refractivity contribution in [3.8, 4) is 0 Å². The minimum Gasteiger partial charge on any atom is -0.481 e. The molecule has 6 nitrogen and oxygen atoms in total. The third kappa shape index (κ3) is 3.23. The predicted molar refractivity (Wildman–Crippen MR) is 75.5 cm³/mol. The minimum atomic E-state index is -0.798. The first kappa shape index (κ1) is 15.1. The van der Waals surface area contributed by atoms with Crippen molar-refractivity contribution in [1.29, 1.82) is 0 Å². The molecule has 0 bridgehead atoms. The summed E-state index contributed by atoms with van der Waals surface area (Å²) in [6.07, 6.45) is 1.13. The van der Waals surface area contributed by atoms with Gasteiger partial charge in [0.15, 0.2) is 0 Å². The Kier molecular flexibility index (Phi) is 4.52. The second-order valence-corrected chi connectivity index (χ2v) is 6.41. The monoisotopic (exact) mass is 283 g/mol. The maximum absolute atomic E-state index is 12.4. The molecule has 2 aliphatic heterocycles. The van der Waals surface area contributed by atoms with Gasteiger partial charge in [0, 0.05) is 33.2 Å². The number of carboxylic acids is 1. The molecule has 2 rings (SSSR count). The van der Waals surface area contributed by atoms with E-state index < -0.39 is 11.9 Å². The Labute approximate surface area is 120 Å². The van der Waals surface area contributed by atoms with Crippen molar-refractivity contribution in [2.75, 3.05) is 46.8 Å². The molecular weight excluding hydrogens is 258 g/mol. The van der Waals surface area contributed by atoms with Crippen LogP contribution in [0, 0.1) is 17.8 Å². The fourth-order valence-electron chi connectivity index (χ4n) is 3.33. The van der Waals surface area contributed by atoms with Gasteiger partial charge >= 0.3 is 12.0 Å². The van der Waals surface area contributed by atoms with Crippen molar-refractivity contribution in [3.63, 3.8) is 0 Å². The first-order valence-corrected chi connectivity index (χ1v) is 7.30. The van der Waals surface area contributed by atoms with Crippen LogP contribution in [0.5, 0.6) is 0 Å². The van der Waals surface area contributed by atoms with Gasteiger partial charge in [-0.2, -0.15) is 0 Å². The highest BCUT2D eigenvalue weighted by Gasteiger charge is 2.38. The molecule has 2 heterocycles. The van der Waals surface area contributed by atoms with E-state index in [0.29, 0.717) is 19.0 Å². The SMILES string of the molecule is CC1CN(C(=O)N(C)CC2CCN(C)C2)CC1C(=O)O. The third-order valence-corrected chi connectivity index (χ3v) is 4.55. The number of hydrogen-bond acceptors (Lipinski definition) is 3. The fraction of sp³-hybridized carbons (Fsp3) is 0.857. The Morgan fingerprint density at radius 3 is 2.50 bits per heavy atom. The number of rotatable bonds is 3. The molecule has 0 radical (unpaired) electrons. The van der Waals surface area contributed by atoms with Crippen molar-refractivity contribution in [3.05, 3.63) is 0 Å². The smallest absolute Gasteiger partial charge is 0.319 e. The van der Waals surface area contributed by atoms with Crippen molar-refractivity contribution < 1.29 is 14.7 Å². The predicted octanol–water partition coefficient (Wildman–Crippen LogP) is 0.642. The van der Waals surface area contributed by atoms with E-state index in [1.54, 1.807) is 9.80 Å². The van der Waals surface area contributed by atoms with Gasteiger partial charge in [-0.15, -0.1) is 0 Å². The summed E-state index contributed by atoms with van der Waals surface area (Å²) in [5.74, 6) is -0.662. The van der Waals surface area contributed by atoms with E-state index in [2.05, 4.69) is 11.9 Å². The molecule has 3 atom stereocenters. The number of likely N-dealkylation sites (tertiary alicyclic amines) is 2. The molecule has 0 aromatic heterocycles. The standard InChI is InChI=1S/C14H25N3O3/c1-10-6-17(9-12(10)13(18)19)14(20)16(3)8-11-4-5-15(2)7-11/h10-12H,4-9H2,1-3H3,(H,18,19). The van der Waals surface area contributed by atoms with Crippen LogP contribution in [0.1, 0.15) is 13.3 Å². The molecule has 6 heteroatoms. The van der Waals surface area contributed by atoms with Crippen molar-refractivity contribution in [1.82, 2.24) is 14.7 Å². The van der Waals surface area contributed by atoms with Crippen LogP contribution >= 0.6 is 0 Å². The van der Waals surface area contributed by atoms with Gasteiger partial charge in [0.2, 0.25) is 0 Å². The summed E-state index contributed by atoms with van der Waals surface area (Å²) in [6.45, 7) is 5.67. The molecule has 2 amide bonds.